The van der Waals surface area contributed by atoms with E-state index >= 15 is 0 Å². The highest BCUT2D eigenvalue weighted by molar-refractivity contribution is 5.91. The SMILES string of the molecule is CC(C)C(C)N(C)C(=O)Cc1ccccc1C(=O)O. The second kappa shape index (κ2) is 6.36. The Labute approximate surface area is 114 Å². The van der Waals surface area contributed by atoms with Gasteiger partial charge in [0.05, 0.1) is 12.0 Å². The molecular formula is C15H21NO3. The molecule has 1 rings (SSSR count). The smallest absolute Gasteiger partial charge is 0.335 e. The summed E-state index contributed by atoms with van der Waals surface area (Å²) in [4.78, 5) is 24.9. The highest BCUT2D eigenvalue weighted by Gasteiger charge is 2.20. The average molecular weight is 263 g/mol. The summed E-state index contributed by atoms with van der Waals surface area (Å²) >= 11 is 0. The Morgan fingerprint density at radius 3 is 2.32 bits per heavy atom. The van der Waals surface area contributed by atoms with E-state index in [1.54, 1.807) is 30.1 Å². The van der Waals surface area contributed by atoms with Crippen LogP contribution in [0.2, 0.25) is 0 Å². The average Bonchev–Trinajstić information content (AvgIpc) is 2.37. The summed E-state index contributed by atoms with van der Waals surface area (Å²) in [6.07, 6.45) is 0.121. The van der Waals surface area contributed by atoms with Crippen LogP contribution in [-0.2, 0) is 11.2 Å². The first-order valence-electron chi connectivity index (χ1n) is 6.41. The number of carboxylic acids is 1. The summed E-state index contributed by atoms with van der Waals surface area (Å²) in [7, 11) is 1.76. The fraction of sp³-hybridized carbons (Fsp3) is 0.467. The van der Waals surface area contributed by atoms with E-state index < -0.39 is 5.97 Å². The molecule has 0 fully saturated rings. The van der Waals surface area contributed by atoms with E-state index in [1.165, 1.54) is 6.07 Å². The number of likely N-dealkylation sites (N-methyl/N-ethyl adjacent to an activating group) is 1. The van der Waals surface area contributed by atoms with E-state index in [4.69, 9.17) is 5.11 Å². The largest absolute Gasteiger partial charge is 0.478 e. The van der Waals surface area contributed by atoms with E-state index in [0.29, 0.717) is 11.5 Å². The molecule has 0 saturated carbocycles. The monoisotopic (exact) mass is 263 g/mol. The third kappa shape index (κ3) is 3.81. The molecule has 19 heavy (non-hydrogen) atoms. The number of carbonyl (C=O) groups is 2. The first-order chi connectivity index (χ1) is 8.84. The minimum absolute atomic E-state index is 0.0603. The number of amides is 1. The second-order valence-corrected chi connectivity index (χ2v) is 5.13. The van der Waals surface area contributed by atoms with Crippen molar-refractivity contribution in [2.45, 2.75) is 33.2 Å². The number of rotatable bonds is 5. The summed E-state index contributed by atoms with van der Waals surface area (Å²) in [5.74, 6) is -0.693. The van der Waals surface area contributed by atoms with Gasteiger partial charge in [0.25, 0.3) is 0 Å². The van der Waals surface area contributed by atoms with Crippen molar-refractivity contribution in [2.24, 2.45) is 5.92 Å². The van der Waals surface area contributed by atoms with Crippen LogP contribution >= 0.6 is 0 Å². The fourth-order valence-electron chi connectivity index (χ4n) is 1.85. The molecule has 1 atom stereocenters. The molecule has 0 aliphatic rings. The van der Waals surface area contributed by atoms with Gasteiger partial charge in [-0.1, -0.05) is 32.0 Å². The van der Waals surface area contributed by atoms with E-state index in [2.05, 4.69) is 13.8 Å². The van der Waals surface area contributed by atoms with Crippen molar-refractivity contribution in [2.75, 3.05) is 7.05 Å². The molecule has 0 radical (unpaired) electrons. The summed E-state index contributed by atoms with van der Waals surface area (Å²) in [6.45, 7) is 6.10. The zero-order valence-electron chi connectivity index (χ0n) is 11.9. The molecule has 1 N–H and O–H groups in total. The molecule has 0 aliphatic heterocycles. The van der Waals surface area contributed by atoms with Gasteiger partial charge >= 0.3 is 5.97 Å². The Hall–Kier alpha value is -1.84. The highest BCUT2D eigenvalue weighted by atomic mass is 16.4. The summed E-state index contributed by atoms with van der Waals surface area (Å²) in [6, 6.07) is 6.76. The third-order valence-corrected chi connectivity index (χ3v) is 3.56. The lowest BCUT2D eigenvalue weighted by atomic mass is 10.0. The van der Waals surface area contributed by atoms with Crippen LogP contribution in [0.15, 0.2) is 24.3 Å². The van der Waals surface area contributed by atoms with Gasteiger partial charge in [-0.15, -0.1) is 0 Å². The molecule has 4 heteroatoms. The first kappa shape index (κ1) is 15.2. The van der Waals surface area contributed by atoms with Crippen LogP contribution in [0.3, 0.4) is 0 Å². The minimum atomic E-state index is -0.997. The Bertz CT molecular complexity index is 468. The second-order valence-electron chi connectivity index (χ2n) is 5.13. The van der Waals surface area contributed by atoms with E-state index in [1.807, 2.05) is 6.92 Å². The minimum Gasteiger partial charge on any atom is -0.478 e. The predicted molar refractivity (Wildman–Crippen MR) is 74.2 cm³/mol. The Kier molecular flexibility index (Phi) is 5.10. The van der Waals surface area contributed by atoms with E-state index in [0.717, 1.165) is 0 Å². The number of carbonyl (C=O) groups excluding carboxylic acids is 1. The van der Waals surface area contributed by atoms with Crippen LogP contribution < -0.4 is 0 Å². The van der Waals surface area contributed by atoms with Crippen molar-refractivity contribution in [1.29, 1.82) is 0 Å². The molecule has 0 aromatic heterocycles. The first-order valence-corrected chi connectivity index (χ1v) is 6.41. The fourth-order valence-corrected chi connectivity index (χ4v) is 1.85. The number of carboxylic acid groups (broad SMARTS) is 1. The molecule has 0 spiro atoms. The molecule has 1 aromatic rings. The predicted octanol–water partition coefficient (Wildman–Crippen LogP) is 2.43. The number of hydrogen-bond donors (Lipinski definition) is 1. The zero-order valence-corrected chi connectivity index (χ0v) is 11.9. The van der Waals surface area contributed by atoms with Gasteiger partial charge in [-0.05, 0) is 24.5 Å². The molecule has 1 amide bonds. The molecule has 0 heterocycles. The van der Waals surface area contributed by atoms with Crippen molar-refractivity contribution in [3.05, 3.63) is 35.4 Å². The van der Waals surface area contributed by atoms with Gasteiger partial charge in [0.1, 0.15) is 0 Å². The zero-order chi connectivity index (χ0) is 14.6. The standard InChI is InChI=1S/C15H21NO3/c1-10(2)11(3)16(4)14(17)9-12-7-5-6-8-13(12)15(18)19/h5-8,10-11H,9H2,1-4H3,(H,18,19). The topological polar surface area (TPSA) is 57.6 Å². The van der Waals surface area contributed by atoms with Gasteiger partial charge < -0.3 is 10.0 Å². The summed E-state index contributed by atoms with van der Waals surface area (Å²) in [5, 5.41) is 9.09. The maximum atomic E-state index is 12.2. The molecule has 0 bridgehead atoms. The lowest BCUT2D eigenvalue weighted by Gasteiger charge is -2.28. The maximum Gasteiger partial charge on any atom is 0.335 e. The van der Waals surface area contributed by atoms with Crippen LogP contribution in [0.25, 0.3) is 0 Å². The lowest BCUT2D eigenvalue weighted by Crippen LogP contribution is -2.39. The molecule has 1 aromatic carbocycles. The normalized spacial score (nSPS) is 12.3. The number of hydrogen-bond acceptors (Lipinski definition) is 2. The molecule has 0 aliphatic carbocycles. The quantitative estimate of drug-likeness (QED) is 0.887. The van der Waals surface area contributed by atoms with E-state index in [9.17, 15) is 9.59 Å². The summed E-state index contributed by atoms with van der Waals surface area (Å²) < 4.78 is 0. The van der Waals surface area contributed by atoms with Crippen molar-refractivity contribution < 1.29 is 14.7 Å². The molecule has 104 valence electrons. The number of nitrogens with zero attached hydrogens (tertiary/aromatic N) is 1. The molecule has 1 unspecified atom stereocenters. The van der Waals surface area contributed by atoms with Gasteiger partial charge in [0.15, 0.2) is 0 Å². The Morgan fingerprint density at radius 2 is 1.79 bits per heavy atom. The molecule has 4 nitrogen and oxygen atoms in total. The van der Waals surface area contributed by atoms with Gasteiger partial charge in [-0.2, -0.15) is 0 Å². The van der Waals surface area contributed by atoms with Gasteiger partial charge in [-0.3, -0.25) is 4.79 Å². The van der Waals surface area contributed by atoms with Crippen LogP contribution in [0.5, 0.6) is 0 Å². The number of aromatic carboxylic acids is 1. The third-order valence-electron chi connectivity index (χ3n) is 3.56. The Balaban J connectivity index is 2.86. The lowest BCUT2D eigenvalue weighted by molar-refractivity contribution is -0.131. The highest BCUT2D eigenvalue weighted by Crippen LogP contribution is 2.14. The van der Waals surface area contributed by atoms with Crippen molar-refractivity contribution >= 4 is 11.9 Å². The van der Waals surface area contributed by atoms with Crippen LogP contribution in [0.1, 0.15) is 36.7 Å². The molecule has 0 saturated heterocycles. The number of benzene rings is 1. The van der Waals surface area contributed by atoms with Crippen molar-refractivity contribution in [3.8, 4) is 0 Å². The maximum absolute atomic E-state index is 12.2. The van der Waals surface area contributed by atoms with Crippen molar-refractivity contribution in [3.63, 3.8) is 0 Å². The van der Waals surface area contributed by atoms with Gasteiger partial charge in [0, 0.05) is 13.1 Å². The van der Waals surface area contributed by atoms with E-state index in [-0.39, 0.29) is 23.9 Å². The van der Waals surface area contributed by atoms with Crippen LogP contribution in [0, 0.1) is 5.92 Å². The summed E-state index contributed by atoms with van der Waals surface area (Å²) in [5.41, 5.74) is 0.754. The van der Waals surface area contributed by atoms with Gasteiger partial charge in [-0.25, -0.2) is 4.79 Å². The van der Waals surface area contributed by atoms with Crippen molar-refractivity contribution in [1.82, 2.24) is 4.90 Å². The van der Waals surface area contributed by atoms with Gasteiger partial charge in [0.2, 0.25) is 5.91 Å². The van der Waals surface area contributed by atoms with Crippen LogP contribution in [-0.4, -0.2) is 35.0 Å². The molecular weight excluding hydrogens is 242 g/mol. The van der Waals surface area contributed by atoms with Crippen LogP contribution in [0.4, 0.5) is 0 Å². The Morgan fingerprint density at radius 1 is 1.21 bits per heavy atom.